The van der Waals surface area contributed by atoms with Crippen molar-refractivity contribution >= 4 is 33.0 Å². The van der Waals surface area contributed by atoms with Gasteiger partial charge >= 0.3 is 0 Å². The molecule has 1 aliphatic rings. The first-order valence-corrected chi connectivity index (χ1v) is 9.04. The fourth-order valence-corrected chi connectivity index (χ4v) is 5.69. The summed E-state index contributed by atoms with van der Waals surface area (Å²) in [5.41, 5.74) is 6.37. The molecule has 1 aromatic heterocycles. The number of rotatable bonds is 4. The van der Waals surface area contributed by atoms with Gasteiger partial charge in [0.2, 0.25) is 0 Å². The summed E-state index contributed by atoms with van der Waals surface area (Å²) in [6.45, 7) is 3.67. The van der Waals surface area contributed by atoms with E-state index in [1.807, 2.05) is 6.92 Å². The highest BCUT2D eigenvalue weighted by Crippen LogP contribution is 2.33. The Bertz CT molecular complexity index is 514. The van der Waals surface area contributed by atoms with Crippen molar-refractivity contribution in [2.45, 2.75) is 30.4 Å². The van der Waals surface area contributed by atoms with Crippen molar-refractivity contribution < 1.29 is 8.42 Å². The number of thiophene rings is 1. The Morgan fingerprint density at radius 3 is 2.58 bits per heavy atom. The number of nitrogens with zero attached hydrogens (tertiary/aromatic N) is 1. The number of hydrogen-bond donors (Lipinski definition) is 1. The van der Waals surface area contributed by atoms with Gasteiger partial charge < -0.3 is 5.73 Å². The van der Waals surface area contributed by atoms with Crippen molar-refractivity contribution in [3.05, 3.63) is 16.0 Å². The minimum absolute atomic E-state index is 0.354. The molecule has 0 unspecified atom stereocenters. The molecule has 1 saturated heterocycles. The number of aryl methyl sites for hydroxylation is 1. The fourth-order valence-electron chi connectivity index (χ4n) is 2.36. The standard InChI is InChI=1S/C12H19ClN2O2S2/c1-9-8-11(18-12(9)13)19(16,17)15-6-3-10(2-5-14)4-7-15/h8,10H,2-7,14H2,1H3. The van der Waals surface area contributed by atoms with Crippen molar-refractivity contribution in [3.63, 3.8) is 0 Å². The van der Waals surface area contributed by atoms with E-state index in [1.54, 1.807) is 10.4 Å². The van der Waals surface area contributed by atoms with E-state index in [9.17, 15) is 8.42 Å². The van der Waals surface area contributed by atoms with Gasteiger partial charge in [0, 0.05) is 13.1 Å². The smallest absolute Gasteiger partial charge is 0.252 e. The first kappa shape index (κ1) is 15.3. The van der Waals surface area contributed by atoms with Crippen LogP contribution in [0.5, 0.6) is 0 Å². The van der Waals surface area contributed by atoms with E-state index in [0.717, 1.165) is 36.2 Å². The van der Waals surface area contributed by atoms with Crippen LogP contribution in [0, 0.1) is 12.8 Å². The summed E-state index contributed by atoms with van der Waals surface area (Å²) in [7, 11) is -3.37. The molecule has 0 aliphatic carbocycles. The lowest BCUT2D eigenvalue weighted by Crippen LogP contribution is -2.38. The van der Waals surface area contributed by atoms with Crippen molar-refractivity contribution in [1.82, 2.24) is 4.31 Å². The first-order chi connectivity index (χ1) is 8.95. The molecule has 0 radical (unpaired) electrons. The van der Waals surface area contributed by atoms with Crippen LogP contribution in [0.4, 0.5) is 0 Å². The zero-order chi connectivity index (χ0) is 14.0. The van der Waals surface area contributed by atoms with E-state index < -0.39 is 10.0 Å². The summed E-state index contributed by atoms with van der Waals surface area (Å²) < 4.78 is 27.4. The molecule has 19 heavy (non-hydrogen) atoms. The minimum Gasteiger partial charge on any atom is -0.330 e. The third-order valence-corrected chi connectivity index (χ3v) is 7.48. The second-order valence-corrected chi connectivity index (χ2v) is 8.77. The fraction of sp³-hybridized carbons (Fsp3) is 0.667. The van der Waals surface area contributed by atoms with Crippen molar-refractivity contribution in [3.8, 4) is 0 Å². The van der Waals surface area contributed by atoms with Gasteiger partial charge in [-0.15, -0.1) is 11.3 Å². The van der Waals surface area contributed by atoms with Gasteiger partial charge in [-0.1, -0.05) is 11.6 Å². The van der Waals surface area contributed by atoms with Crippen LogP contribution in [-0.4, -0.2) is 32.4 Å². The molecule has 0 amide bonds. The van der Waals surface area contributed by atoms with Gasteiger partial charge in [-0.25, -0.2) is 8.42 Å². The molecule has 0 spiro atoms. The molecular weight excluding hydrogens is 304 g/mol. The van der Waals surface area contributed by atoms with E-state index in [1.165, 1.54) is 0 Å². The van der Waals surface area contributed by atoms with Gasteiger partial charge in [0.1, 0.15) is 4.21 Å². The molecule has 0 bridgehead atoms. The SMILES string of the molecule is Cc1cc(S(=O)(=O)N2CCC(CCN)CC2)sc1Cl. The summed E-state index contributed by atoms with van der Waals surface area (Å²) in [5.74, 6) is 0.560. The second kappa shape index (κ2) is 6.10. The van der Waals surface area contributed by atoms with Gasteiger partial charge in [-0.3, -0.25) is 0 Å². The first-order valence-electron chi connectivity index (χ1n) is 6.41. The Hall–Kier alpha value is -0.140. The summed E-state index contributed by atoms with van der Waals surface area (Å²) in [6.07, 6.45) is 2.78. The van der Waals surface area contributed by atoms with Crippen molar-refractivity contribution in [2.24, 2.45) is 11.7 Å². The van der Waals surface area contributed by atoms with Crippen LogP contribution in [0.3, 0.4) is 0 Å². The van der Waals surface area contributed by atoms with Crippen LogP contribution in [-0.2, 0) is 10.0 Å². The molecule has 2 N–H and O–H groups in total. The zero-order valence-corrected chi connectivity index (χ0v) is 13.3. The molecule has 1 fully saturated rings. The third-order valence-electron chi connectivity index (χ3n) is 3.58. The Labute approximate surface area is 123 Å². The molecule has 0 atom stereocenters. The summed E-state index contributed by atoms with van der Waals surface area (Å²) in [4.78, 5) is 0. The number of piperidine rings is 1. The molecule has 4 nitrogen and oxygen atoms in total. The zero-order valence-electron chi connectivity index (χ0n) is 10.9. The Balaban J connectivity index is 2.09. The Morgan fingerprint density at radius 1 is 1.47 bits per heavy atom. The molecule has 7 heteroatoms. The molecule has 2 rings (SSSR count). The predicted molar refractivity (Wildman–Crippen MR) is 79.2 cm³/mol. The van der Waals surface area contributed by atoms with Crippen LogP contribution in [0.1, 0.15) is 24.8 Å². The number of nitrogens with two attached hydrogens (primary N) is 1. The number of sulfonamides is 1. The molecule has 1 aromatic rings. The lowest BCUT2D eigenvalue weighted by Gasteiger charge is -2.30. The van der Waals surface area contributed by atoms with Crippen LogP contribution in [0.25, 0.3) is 0 Å². The number of halogens is 1. The molecule has 0 saturated carbocycles. The van der Waals surface area contributed by atoms with Gasteiger partial charge in [-0.05, 0) is 50.3 Å². The van der Waals surface area contributed by atoms with Gasteiger partial charge in [0.15, 0.2) is 0 Å². The maximum absolute atomic E-state index is 12.5. The topological polar surface area (TPSA) is 63.4 Å². The Kier molecular flexibility index (Phi) is 4.89. The van der Waals surface area contributed by atoms with E-state index in [2.05, 4.69) is 0 Å². The molecule has 2 heterocycles. The highest BCUT2D eigenvalue weighted by Gasteiger charge is 2.30. The maximum atomic E-state index is 12.5. The third kappa shape index (κ3) is 3.31. The summed E-state index contributed by atoms with van der Waals surface area (Å²) >= 11 is 7.10. The summed E-state index contributed by atoms with van der Waals surface area (Å²) in [5, 5.41) is 0. The second-order valence-electron chi connectivity index (χ2n) is 4.95. The van der Waals surface area contributed by atoms with E-state index in [0.29, 0.717) is 34.1 Å². The summed E-state index contributed by atoms with van der Waals surface area (Å²) in [6, 6.07) is 1.66. The van der Waals surface area contributed by atoms with Crippen molar-refractivity contribution in [2.75, 3.05) is 19.6 Å². The average molecular weight is 323 g/mol. The number of hydrogen-bond acceptors (Lipinski definition) is 4. The average Bonchev–Trinajstić information content (AvgIpc) is 2.71. The van der Waals surface area contributed by atoms with E-state index >= 15 is 0 Å². The normalized spacial score (nSPS) is 18.9. The van der Waals surface area contributed by atoms with Crippen LogP contribution in [0.2, 0.25) is 4.34 Å². The molecule has 0 aromatic carbocycles. The van der Waals surface area contributed by atoms with Gasteiger partial charge in [-0.2, -0.15) is 4.31 Å². The molecular formula is C12H19ClN2O2S2. The lowest BCUT2D eigenvalue weighted by molar-refractivity contribution is 0.266. The monoisotopic (exact) mass is 322 g/mol. The highest BCUT2D eigenvalue weighted by atomic mass is 35.5. The van der Waals surface area contributed by atoms with E-state index in [4.69, 9.17) is 17.3 Å². The maximum Gasteiger partial charge on any atom is 0.252 e. The van der Waals surface area contributed by atoms with E-state index in [-0.39, 0.29) is 0 Å². The van der Waals surface area contributed by atoms with Crippen molar-refractivity contribution in [1.29, 1.82) is 0 Å². The quantitative estimate of drug-likeness (QED) is 0.926. The van der Waals surface area contributed by atoms with Gasteiger partial charge in [0.05, 0.1) is 4.34 Å². The molecule has 108 valence electrons. The predicted octanol–water partition coefficient (Wildman–Crippen LogP) is 2.46. The minimum atomic E-state index is -3.37. The Morgan fingerprint density at radius 2 is 2.11 bits per heavy atom. The highest BCUT2D eigenvalue weighted by molar-refractivity contribution is 7.91. The van der Waals surface area contributed by atoms with Crippen LogP contribution >= 0.6 is 22.9 Å². The molecule has 1 aliphatic heterocycles. The largest absolute Gasteiger partial charge is 0.330 e. The lowest BCUT2D eigenvalue weighted by atomic mass is 9.95. The van der Waals surface area contributed by atoms with Crippen LogP contribution < -0.4 is 5.73 Å². The van der Waals surface area contributed by atoms with Gasteiger partial charge in [0.25, 0.3) is 10.0 Å². The van der Waals surface area contributed by atoms with Crippen LogP contribution in [0.15, 0.2) is 10.3 Å².